The average Bonchev–Trinajstić information content (AvgIpc) is 4.02. The number of hydrogen-bond acceptors (Lipinski definition) is 6. The number of aromatic nitrogens is 1. The summed E-state index contributed by atoms with van der Waals surface area (Å²) in [6.45, 7) is 0. The minimum atomic E-state index is 0.596. The van der Waals surface area contributed by atoms with Crippen molar-refractivity contribution < 1.29 is 17.7 Å². The Hall–Kier alpha value is -7.57. The summed E-state index contributed by atoms with van der Waals surface area (Å²) in [6.07, 6.45) is 0. The normalized spacial score (nSPS) is 12.0. The quantitative estimate of drug-likeness (QED) is 0.177. The molecule has 8 aromatic carbocycles. The Labute approximate surface area is 313 Å². The fourth-order valence-electron chi connectivity index (χ4n) is 8.09. The molecule has 0 fully saturated rings. The molecule has 6 nitrogen and oxygen atoms in total. The van der Waals surface area contributed by atoms with Gasteiger partial charge in [0.05, 0.1) is 5.39 Å². The molecule has 4 heterocycles. The van der Waals surface area contributed by atoms with Gasteiger partial charge in [0.15, 0.2) is 5.58 Å². The third-order valence-electron chi connectivity index (χ3n) is 10.7. The van der Waals surface area contributed by atoms with Crippen LogP contribution in [0.5, 0.6) is 0 Å². The highest BCUT2D eigenvalue weighted by atomic mass is 16.4. The van der Waals surface area contributed by atoms with Crippen molar-refractivity contribution in [1.29, 1.82) is 0 Å². The topological polar surface area (TPSA) is 68.7 Å². The van der Waals surface area contributed by atoms with Crippen LogP contribution in [0, 0.1) is 0 Å². The van der Waals surface area contributed by atoms with Gasteiger partial charge in [-0.25, -0.2) is 4.98 Å². The summed E-state index contributed by atoms with van der Waals surface area (Å²) in [5.74, 6) is 0.596. The third kappa shape index (κ3) is 4.65. The van der Waals surface area contributed by atoms with E-state index in [1.807, 2.05) is 72.8 Å². The Morgan fingerprint density at radius 2 is 0.927 bits per heavy atom. The largest absolute Gasteiger partial charge is 0.456 e. The molecule has 258 valence electrons. The molecule has 0 saturated heterocycles. The zero-order chi connectivity index (χ0) is 36.0. The van der Waals surface area contributed by atoms with E-state index in [0.29, 0.717) is 5.89 Å². The second-order valence-electron chi connectivity index (χ2n) is 13.9. The Balaban J connectivity index is 0.961. The molecule has 0 saturated carbocycles. The summed E-state index contributed by atoms with van der Waals surface area (Å²) in [7, 11) is 0. The monoisotopic (exact) mass is 708 g/mol. The van der Waals surface area contributed by atoms with E-state index >= 15 is 0 Å². The first-order chi connectivity index (χ1) is 27.2. The van der Waals surface area contributed by atoms with E-state index < -0.39 is 0 Å². The van der Waals surface area contributed by atoms with Gasteiger partial charge in [0.2, 0.25) is 5.89 Å². The second-order valence-corrected chi connectivity index (χ2v) is 13.9. The van der Waals surface area contributed by atoms with Crippen molar-refractivity contribution in [2.45, 2.75) is 0 Å². The molecule has 0 atom stereocenters. The van der Waals surface area contributed by atoms with Gasteiger partial charge in [-0.15, -0.1) is 0 Å². The van der Waals surface area contributed by atoms with Crippen LogP contribution in [0.4, 0.5) is 17.1 Å². The van der Waals surface area contributed by atoms with Gasteiger partial charge >= 0.3 is 0 Å². The number of benzene rings is 8. The molecule has 0 aliphatic heterocycles. The van der Waals surface area contributed by atoms with Crippen molar-refractivity contribution in [2.24, 2.45) is 0 Å². The Morgan fingerprint density at radius 3 is 1.76 bits per heavy atom. The Morgan fingerprint density at radius 1 is 0.345 bits per heavy atom. The second kappa shape index (κ2) is 11.5. The average molecular weight is 709 g/mol. The van der Waals surface area contributed by atoms with Crippen LogP contribution >= 0.6 is 0 Å². The molecule has 6 heteroatoms. The minimum absolute atomic E-state index is 0.596. The first-order valence-corrected chi connectivity index (χ1v) is 18.3. The molecule has 12 rings (SSSR count). The van der Waals surface area contributed by atoms with Crippen LogP contribution in [-0.4, -0.2) is 4.98 Å². The zero-order valence-corrected chi connectivity index (χ0v) is 29.2. The lowest BCUT2D eigenvalue weighted by atomic mass is 10.0. The van der Waals surface area contributed by atoms with E-state index in [0.717, 1.165) is 111 Å². The molecule has 0 N–H and O–H groups in total. The number of nitrogens with zero attached hydrogens (tertiary/aromatic N) is 2. The van der Waals surface area contributed by atoms with Crippen molar-refractivity contribution in [3.8, 4) is 22.6 Å². The first-order valence-electron chi connectivity index (χ1n) is 18.3. The number of hydrogen-bond donors (Lipinski definition) is 0. The van der Waals surface area contributed by atoms with E-state index in [2.05, 4.69) is 102 Å². The van der Waals surface area contributed by atoms with E-state index in [1.165, 1.54) is 0 Å². The van der Waals surface area contributed by atoms with Crippen LogP contribution in [0.2, 0.25) is 0 Å². The number of anilines is 3. The summed E-state index contributed by atoms with van der Waals surface area (Å²) < 4.78 is 25.3. The van der Waals surface area contributed by atoms with Gasteiger partial charge in [-0.3, -0.25) is 0 Å². The minimum Gasteiger partial charge on any atom is -0.456 e. The molecule has 0 amide bonds. The number of rotatable bonds is 5. The maximum atomic E-state index is 6.42. The van der Waals surface area contributed by atoms with Gasteiger partial charge in [-0.2, -0.15) is 0 Å². The molecule has 0 unspecified atom stereocenters. The molecule has 0 aliphatic carbocycles. The smallest absolute Gasteiger partial charge is 0.227 e. The van der Waals surface area contributed by atoms with Crippen molar-refractivity contribution in [2.75, 3.05) is 4.90 Å². The van der Waals surface area contributed by atoms with Crippen LogP contribution in [0.3, 0.4) is 0 Å². The maximum absolute atomic E-state index is 6.42. The third-order valence-corrected chi connectivity index (χ3v) is 10.7. The van der Waals surface area contributed by atoms with Gasteiger partial charge in [0, 0.05) is 55.6 Å². The van der Waals surface area contributed by atoms with Crippen molar-refractivity contribution >= 4 is 94.0 Å². The van der Waals surface area contributed by atoms with Crippen molar-refractivity contribution in [3.63, 3.8) is 0 Å². The summed E-state index contributed by atoms with van der Waals surface area (Å²) >= 11 is 0. The summed E-state index contributed by atoms with van der Waals surface area (Å²) in [5.41, 5.74) is 12.6. The lowest BCUT2D eigenvalue weighted by molar-refractivity contribution is 0.622. The van der Waals surface area contributed by atoms with Crippen LogP contribution in [0.15, 0.2) is 188 Å². The van der Waals surface area contributed by atoms with Crippen molar-refractivity contribution in [1.82, 2.24) is 4.98 Å². The van der Waals surface area contributed by atoms with E-state index in [-0.39, 0.29) is 0 Å². The highest BCUT2D eigenvalue weighted by Crippen LogP contribution is 2.42. The van der Waals surface area contributed by atoms with Crippen LogP contribution in [-0.2, 0) is 0 Å². The van der Waals surface area contributed by atoms with Gasteiger partial charge in [-0.1, -0.05) is 72.8 Å². The number of furan rings is 3. The predicted molar refractivity (Wildman–Crippen MR) is 221 cm³/mol. The molecule has 0 radical (unpaired) electrons. The number of para-hydroxylation sites is 2. The van der Waals surface area contributed by atoms with Crippen LogP contribution < -0.4 is 4.90 Å². The lowest BCUT2D eigenvalue weighted by Crippen LogP contribution is -2.09. The molecular formula is C49H28N2O4. The lowest BCUT2D eigenvalue weighted by Gasteiger charge is -2.25. The molecule has 0 aliphatic rings. The summed E-state index contributed by atoms with van der Waals surface area (Å²) in [4.78, 5) is 7.05. The Kier molecular flexibility index (Phi) is 6.24. The predicted octanol–water partition coefficient (Wildman–Crippen LogP) is 14.3. The highest BCUT2D eigenvalue weighted by Gasteiger charge is 2.20. The van der Waals surface area contributed by atoms with Gasteiger partial charge in [-0.05, 0) is 102 Å². The molecule has 0 spiro atoms. The first kappa shape index (κ1) is 29.9. The van der Waals surface area contributed by atoms with Crippen molar-refractivity contribution in [3.05, 3.63) is 170 Å². The van der Waals surface area contributed by atoms with Gasteiger partial charge in [0.25, 0.3) is 0 Å². The van der Waals surface area contributed by atoms with Gasteiger partial charge < -0.3 is 22.6 Å². The fourth-order valence-corrected chi connectivity index (χ4v) is 8.09. The zero-order valence-electron chi connectivity index (χ0n) is 29.2. The highest BCUT2D eigenvalue weighted by molar-refractivity contribution is 6.17. The number of fused-ring (bicyclic) bond motifs is 11. The molecule has 55 heavy (non-hydrogen) atoms. The van der Waals surface area contributed by atoms with Gasteiger partial charge in [0.1, 0.15) is 39.0 Å². The van der Waals surface area contributed by atoms with E-state index in [9.17, 15) is 0 Å². The molecule has 12 aromatic rings. The van der Waals surface area contributed by atoms with E-state index in [4.69, 9.17) is 22.7 Å². The van der Waals surface area contributed by atoms with Crippen LogP contribution in [0.25, 0.3) is 99.5 Å². The van der Waals surface area contributed by atoms with E-state index in [1.54, 1.807) is 0 Å². The number of oxazole rings is 1. The molecular weight excluding hydrogens is 681 g/mol. The Bertz CT molecular complexity index is 3440. The summed E-state index contributed by atoms with van der Waals surface area (Å²) in [5, 5.41) is 6.28. The molecule has 0 bridgehead atoms. The SMILES string of the molecule is c1ccc(-c2nc3ccc4oc5cc(-c6ccc(N(c7ccc8c(c7)oc7ccccc78)c7ccc8oc9ccccc9c8c7)cc6)ccc5c4c3o2)cc1. The molecule has 4 aromatic heterocycles. The standard InChI is InChI=1S/C49H28N2O4/c1-2-8-30(9-3-1)49-50-40-23-25-44-47(48(40)55-49)38-21-16-31(26-45(38)54-44)29-14-17-32(18-15-29)51(33-20-24-43-39(27-33)36-11-5-7-13-42(36)52-43)34-19-22-37-35-10-4-6-12-41(35)53-46(37)28-34/h1-28H. The fraction of sp³-hybridized carbons (Fsp3) is 0. The summed E-state index contributed by atoms with van der Waals surface area (Å²) in [6, 6.07) is 58.1. The maximum Gasteiger partial charge on any atom is 0.227 e. The van der Waals surface area contributed by atoms with Crippen LogP contribution in [0.1, 0.15) is 0 Å².